The van der Waals surface area contributed by atoms with Crippen molar-refractivity contribution in [3.05, 3.63) is 35.9 Å². The molecule has 1 saturated carbocycles. The van der Waals surface area contributed by atoms with Crippen molar-refractivity contribution in [2.45, 2.75) is 25.2 Å². The van der Waals surface area contributed by atoms with Crippen LogP contribution in [0.1, 0.15) is 25.3 Å². The van der Waals surface area contributed by atoms with Gasteiger partial charge in [-0.25, -0.2) is 4.79 Å². The number of carbonyl (C=O) groups excluding carboxylic acids is 2. The lowest BCUT2D eigenvalue weighted by atomic mass is 9.96. The van der Waals surface area contributed by atoms with Crippen molar-refractivity contribution in [3.63, 3.8) is 0 Å². The highest BCUT2D eigenvalue weighted by atomic mass is 16.2. The molecule has 0 bridgehead atoms. The van der Waals surface area contributed by atoms with Gasteiger partial charge in [0.1, 0.15) is 0 Å². The van der Waals surface area contributed by atoms with Crippen LogP contribution >= 0.6 is 0 Å². The molecule has 0 heterocycles. The number of nitrogens with one attached hydrogen (secondary N) is 3. The second-order valence-corrected chi connectivity index (χ2v) is 5.24. The molecule has 1 fully saturated rings. The van der Waals surface area contributed by atoms with Gasteiger partial charge in [-0.2, -0.15) is 0 Å². The van der Waals surface area contributed by atoms with E-state index >= 15 is 0 Å². The van der Waals surface area contributed by atoms with Gasteiger partial charge in [-0.1, -0.05) is 30.3 Å². The normalized spacial score (nSPS) is 15.2. The molecule has 0 radical (unpaired) electrons. The first-order valence-corrected chi connectivity index (χ1v) is 6.94. The minimum Gasteiger partial charge on any atom is -0.355 e. The fourth-order valence-electron chi connectivity index (χ4n) is 2.24. The monoisotopic (exact) mass is 275 g/mol. The van der Waals surface area contributed by atoms with Gasteiger partial charge in [0.25, 0.3) is 0 Å². The fraction of sp³-hybridized carbons (Fsp3) is 0.467. The molecule has 0 aliphatic heterocycles. The standard InChI is InChI=1S/C15H21N3O2/c1-12(19)16-9-10-17-14(20)18-11-15(7-8-15)13-5-3-2-4-6-13/h2-6H,7-11H2,1H3,(H,16,19)(H2,17,18,20). The first-order valence-electron chi connectivity index (χ1n) is 6.94. The molecule has 108 valence electrons. The van der Waals surface area contributed by atoms with Crippen LogP contribution in [-0.4, -0.2) is 31.6 Å². The molecular weight excluding hydrogens is 254 g/mol. The Balaban J connectivity index is 1.70. The maximum absolute atomic E-state index is 11.7. The van der Waals surface area contributed by atoms with Gasteiger partial charge >= 0.3 is 6.03 Å². The van der Waals surface area contributed by atoms with E-state index in [1.807, 2.05) is 18.2 Å². The molecular formula is C15H21N3O2. The lowest BCUT2D eigenvalue weighted by Gasteiger charge is -2.17. The van der Waals surface area contributed by atoms with Crippen LogP contribution in [0.25, 0.3) is 0 Å². The van der Waals surface area contributed by atoms with Crippen LogP contribution in [0.3, 0.4) is 0 Å². The number of amides is 3. The summed E-state index contributed by atoms with van der Waals surface area (Å²) in [6, 6.07) is 10.1. The highest BCUT2D eigenvalue weighted by Crippen LogP contribution is 2.47. The van der Waals surface area contributed by atoms with E-state index in [0.29, 0.717) is 19.6 Å². The minimum absolute atomic E-state index is 0.0896. The third-order valence-electron chi connectivity index (χ3n) is 3.61. The first kappa shape index (κ1) is 14.4. The zero-order valence-corrected chi connectivity index (χ0v) is 11.7. The Hall–Kier alpha value is -2.04. The van der Waals surface area contributed by atoms with E-state index in [-0.39, 0.29) is 17.4 Å². The zero-order chi connectivity index (χ0) is 14.4. The van der Waals surface area contributed by atoms with E-state index in [0.717, 1.165) is 12.8 Å². The van der Waals surface area contributed by atoms with Crippen molar-refractivity contribution in [1.82, 2.24) is 16.0 Å². The second-order valence-electron chi connectivity index (χ2n) is 5.24. The smallest absolute Gasteiger partial charge is 0.314 e. The lowest BCUT2D eigenvalue weighted by molar-refractivity contribution is -0.118. The largest absolute Gasteiger partial charge is 0.355 e. The average molecular weight is 275 g/mol. The number of urea groups is 1. The summed E-state index contributed by atoms with van der Waals surface area (Å²) in [4.78, 5) is 22.3. The number of benzene rings is 1. The van der Waals surface area contributed by atoms with Crippen molar-refractivity contribution in [1.29, 1.82) is 0 Å². The Morgan fingerprint density at radius 3 is 2.30 bits per heavy atom. The van der Waals surface area contributed by atoms with Crippen LogP contribution in [0, 0.1) is 0 Å². The van der Waals surface area contributed by atoms with Gasteiger partial charge in [0.2, 0.25) is 5.91 Å². The zero-order valence-electron chi connectivity index (χ0n) is 11.7. The molecule has 1 aromatic carbocycles. The molecule has 0 saturated heterocycles. The van der Waals surface area contributed by atoms with Crippen LogP contribution in [0.2, 0.25) is 0 Å². The molecule has 5 nitrogen and oxygen atoms in total. The summed E-state index contributed by atoms with van der Waals surface area (Å²) < 4.78 is 0. The first-order chi connectivity index (χ1) is 9.62. The fourth-order valence-corrected chi connectivity index (χ4v) is 2.24. The van der Waals surface area contributed by atoms with Crippen molar-refractivity contribution < 1.29 is 9.59 Å². The van der Waals surface area contributed by atoms with Gasteiger partial charge in [-0.3, -0.25) is 4.79 Å². The summed E-state index contributed by atoms with van der Waals surface area (Å²) in [6.45, 7) is 3.00. The van der Waals surface area contributed by atoms with Crippen LogP contribution in [0.5, 0.6) is 0 Å². The predicted molar refractivity (Wildman–Crippen MR) is 77.4 cm³/mol. The molecule has 0 unspecified atom stereocenters. The third kappa shape index (κ3) is 3.98. The van der Waals surface area contributed by atoms with Gasteiger partial charge in [-0.05, 0) is 18.4 Å². The summed E-state index contributed by atoms with van der Waals surface area (Å²) >= 11 is 0. The molecule has 2 rings (SSSR count). The summed E-state index contributed by atoms with van der Waals surface area (Å²) in [5.41, 5.74) is 1.41. The Bertz CT molecular complexity index is 469. The van der Waals surface area contributed by atoms with Crippen LogP contribution < -0.4 is 16.0 Å². The molecule has 3 N–H and O–H groups in total. The molecule has 1 aromatic rings. The van der Waals surface area contributed by atoms with E-state index in [1.54, 1.807) is 0 Å². The second kappa shape index (κ2) is 6.41. The van der Waals surface area contributed by atoms with Crippen molar-refractivity contribution >= 4 is 11.9 Å². The van der Waals surface area contributed by atoms with Crippen molar-refractivity contribution in [3.8, 4) is 0 Å². The molecule has 0 spiro atoms. The molecule has 0 aromatic heterocycles. The summed E-state index contributed by atoms with van der Waals surface area (Å²) in [5, 5.41) is 8.26. The van der Waals surface area contributed by atoms with Crippen molar-refractivity contribution in [2.24, 2.45) is 0 Å². The SMILES string of the molecule is CC(=O)NCCNC(=O)NCC1(c2ccccc2)CC1. The quantitative estimate of drug-likeness (QED) is 0.682. The maximum atomic E-state index is 11.7. The Morgan fingerprint density at radius 1 is 1.05 bits per heavy atom. The van der Waals surface area contributed by atoms with Crippen LogP contribution in [0.4, 0.5) is 4.79 Å². The molecule has 1 aliphatic rings. The summed E-state index contributed by atoms with van der Waals surface area (Å²) in [5.74, 6) is -0.0896. The molecule has 5 heteroatoms. The van der Waals surface area contributed by atoms with Crippen LogP contribution in [0.15, 0.2) is 30.3 Å². The summed E-state index contributed by atoms with van der Waals surface area (Å²) in [7, 11) is 0. The minimum atomic E-state index is -0.183. The van der Waals surface area contributed by atoms with Crippen molar-refractivity contribution in [2.75, 3.05) is 19.6 Å². The van der Waals surface area contributed by atoms with Gasteiger partial charge in [-0.15, -0.1) is 0 Å². The van der Waals surface area contributed by atoms with Gasteiger partial charge in [0.15, 0.2) is 0 Å². The van der Waals surface area contributed by atoms with E-state index in [9.17, 15) is 9.59 Å². The highest BCUT2D eigenvalue weighted by molar-refractivity contribution is 5.74. The predicted octanol–water partition coefficient (Wildman–Crippen LogP) is 1.15. The maximum Gasteiger partial charge on any atom is 0.314 e. The number of hydrogen-bond acceptors (Lipinski definition) is 2. The van der Waals surface area contributed by atoms with E-state index in [1.165, 1.54) is 12.5 Å². The number of hydrogen-bond donors (Lipinski definition) is 3. The lowest BCUT2D eigenvalue weighted by Crippen LogP contribution is -2.42. The molecule has 3 amide bonds. The van der Waals surface area contributed by atoms with E-state index < -0.39 is 0 Å². The Kier molecular flexibility index (Phi) is 4.61. The Morgan fingerprint density at radius 2 is 1.70 bits per heavy atom. The van der Waals surface area contributed by atoms with Crippen LogP contribution in [-0.2, 0) is 10.2 Å². The van der Waals surface area contributed by atoms with E-state index in [4.69, 9.17) is 0 Å². The average Bonchev–Trinajstić information content (AvgIpc) is 3.23. The van der Waals surface area contributed by atoms with E-state index in [2.05, 4.69) is 28.1 Å². The topological polar surface area (TPSA) is 70.2 Å². The van der Waals surface area contributed by atoms with Gasteiger partial charge < -0.3 is 16.0 Å². The summed E-state index contributed by atoms with van der Waals surface area (Å²) in [6.07, 6.45) is 2.23. The molecule has 1 aliphatic carbocycles. The molecule has 0 atom stereocenters. The third-order valence-corrected chi connectivity index (χ3v) is 3.61. The highest BCUT2D eigenvalue weighted by Gasteiger charge is 2.44. The number of carbonyl (C=O) groups is 2. The number of rotatable bonds is 6. The Labute approximate surface area is 119 Å². The van der Waals surface area contributed by atoms with Gasteiger partial charge in [0.05, 0.1) is 0 Å². The molecule has 20 heavy (non-hydrogen) atoms. The van der Waals surface area contributed by atoms with Gasteiger partial charge in [0, 0.05) is 32.0 Å².